The highest BCUT2D eigenvalue weighted by Gasteiger charge is 2.50. The fourth-order valence-electron chi connectivity index (χ4n) is 7.08. The molecule has 2 heterocycles. The third-order valence-electron chi connectivity index (χ3n) is 10.7. The molecule has 12 heteroatoms. The predicted octanol–water partition coefficient (Wildman–Crippen LogP) is 11.1. The standard InChI is InChI=1S/C37H53Cl2N3O4SSi2/c1-22(2)49(23(3)4,24(5)6)46-31-17-28(16-26(31)20-45-48(10,11)37(7,8)9)42-36-30(19-40-21-41-36)34(44)32-18-29(35(39)47-32)33(43)25-13-12-14-27(38)15-25/h12-15,18-19,21-24,26,28,31H,16-17,20H2,1-11H3,(H,40,41,42)/t26-,28-,31+/m1/s1. The number of aromatic nitrogens is 2. The summed E-state index contributed by atoms with van der Waals surface area (Å²) < 4.78 is 14.5. The number of nitrogens with zero attached hydrogens (tertiary/aromatic N) is 2. The third-order valence-corrected chi connectivity index (χ3v) is 22.9. The molecule has 0 spiro atoms. The summed E-state index contributed by atoms with van der Waals surface area (Å²) in [7, 11) is -4.17. The summed E-state index contributed by atoms with van der Waals surface area (Å²) in [6.07, 6.45) is 4.62. The van der Waals surface area contributed by atoms with E-state index in [4.69, 9.17) is 32.1 Å². The highest BCUT2D eigenvalue weighted by Crippen LogP contribution is 2.47. The first-order chi connectivity index (χ1) is 22.8. The van der Waals surface area contributed by atoms with Crippen LogP contribution >= 0.6 is 34.5 Å². The first-order valence-electron chi connectivity index (χ1n) is 17.3. The Morgan fingerprint density at radius 1 is 0.980 bits per heavy atom. The van der Waals surface area contributed by atoms with Crippen LogP contribution in [0.3, 0.4) is 0 Å². The van der Waals surface area contributed by atoms with E-state index in [0.717, 1.165) is 24.2 Å². The van der Waals surface area contributed by atoms with Gasteiger partial charge >= 0.3 is 0 Å². The Hall–Kier alpha value is -1.93. The van der Waals surface area contributed by atoms with Crippen molar-refractivity contribution in [2.75, 3.05) is 11.9 Å². The molecule has 0 amide bonds. The van der Waals surface area contributed by atoms with Crippen molar-refractivity contribution in [2.24, 2.45) is 5.92 Å². The zero-order valence-corrected chi connectivity index (χ0v) is 35.1. The van der Waals surface area contributed by atoms with Gasteiger partial charge in [-0.1, -0.05) is 97.6 Å². The van der Waals surface area contributed by atoms with Gasteiger partial charge in [-0.2, -0.15) is 0 Å². The Balaban J connectivity index is 1.61. The van der Waals surface area contributed by atoms with Crippen LogP contribution in [-0.2, 0) is 8.85 Å². The normalized spacial score (nSPS) is 18.9. The summed E-state index contributed by atoms with van der Waals surface area (Å²) in [5, 5.41) is 4.16. The van der Waals surface area contributed by atoms with Gasteiger partial charge in [-0.3, -0.25) is 9.59 Å². The highest BCUT2D eigenvalue weighted by molar-refractivity contribution is 7.18. The molecule has 0 aliphatic heterocycles. The molecule has 0 unspecified atom stereocenters. The lowest BCUT2D eigenvalue weighted by Crippen LogP contribution is -2.51. The molecule has 7 nitrogen and oxygen atoms in total. The van der Waals surface area contributed by atoms with Gasteiger partial charge in [0.1, 0.15) is 16.5 Å². The van der Waals surface area contributed by atoms with E-state index in [0.29, 0.717) is 50.1 Å². The van der Waals surface area contributed by atoms with Crippen LogP contribution in [0.5, 0.6) is 0 Å². The highest BCUT2D eigenvalue weighted by atomic mass is 35.5. The fourth-order valence-corrected chi connectivity index (χ4v) is 15.2. The van der Waals surface area contributed by atoms with Crippen molar-refractivity contribution in [1.29, 1.82) is 0 Å². The van der Waals surface area contributed by atoms with Gasteiger partial charge in [0.2, 0.25) is 14.1 Å². The number of hydrogen-bond acceptors (Lipinski definition) is 8. The molecule has 49 heavy (non-hydrogen) atoms. The number of thiophene rings is 1. The zero-order chi connectivity index (χ0) is 36.5. The SMILES string of the molecule is CC(C)[Si](O[C@H]1C[C@H](Nc2ncncc2C(=O)c2cc(C(=O)c3cccc(Cl)c3)c(Cl)s2)C[C@@H]1CO[Si](C)(C)C(C)(C)C)(C(C)C)C(C)C. The van der Waals surface area contributed by atoms with Gasteiger partial charge in [-0.05, 0) is 65.8 Å². The molecule has 1 saturated carbocycles. The van der Waals surface area contributed by atoms with Crippen LogP contribution in [0.4, 0.5) is 5.82 Å². The van der Waals surface area contributed by atoms with Gasteiger partial charge in [0.05, 0.1) is 22.1 Å². The summed E-state index contributed by atoms with van der Waals surface area (Å²) >= 11 is 13.7. The van der Waals surface area contributed by atoms with Crippen LogP contribution < -0.4 is 5.32 Å². The van der Waals surface area contributed by atoms with Gasteiger partial charge in [-0.25, -0.2) is 9.97 Å². The molecule has 3 aromatic rings. The lowest BCUT2D eigenvalue weighted by atomic mass is 10.0. The molecule has 268 valence electrons. The third kappa shape index (κ3) is 8.76. The predicted molar refractivity (Wildman–Crippen MR) is 209 cm³/mol. The minimum atomic E-state index is -2.18. The monoisotopic (exact) mass is 761 g/mol. The summed E-state index contributed by atoms with van der Waals surface area (Å²) in [4.78, 5) is 36.2. The smallest absolute Gasteiger partial charge is 0.208 e. The lowest BCUT2D eigenvalue weighted by Gasteiger charge is -2.45. The molecule has 1 fully saturated rings. The summed E-state index contributed by atoms with van der Waals surface area (Å²) in [5.74, 6) is 0.0702. The van der Waals surface area contributed by atoms with Crippen molar-refractivity contribution in [3.8, 4) is 0 Å². The first-order valence-corrected chi connectivity index (χ1v) is 23.9. The minimum absolute atomic E-state index is 0.0181. The first kappa shape index (κ1) is 39.9. The molecule has 0 saturated heterocycles. The molecule has 4 rings (SSSR count). The van der Waals surface area contributed by atoms with Crippen LogP contribution in [0.25, 0.3) is 0 Å². The van der Waals surface area contributed by atoms with Crippen molar-refractivity contribution in [1.82, 2.24) is 9.97 Å². The van der Waals surface area contributed by atoms with E-state index in [1.54, 1.807) is 30.3 Å². The number of halogens is 2. The van der Waals surface area contributed by atoms with Gasteiger partial charge in [0.15, 0.2) is 14.1 Å². The molecule has 1 N–H and O–H groups in total. The second-order valence-corrected chi connectivity index (χ2v) is 28.2. The van der Waals surface area contributed by atoms with Crippen LogP contribution in [0.15, 0.2) is 42.9 Å². The van der Waals surface area contributed by atoms with E-state index in [2.05, 4.69) is 90.7 Å². The fraction of sp³-hybridized carbons (Fsp3) is 0.568. The van der Waals surface area contributed by atoms with Crippen LogP contribution in [0.2, 0.25) is 44.1 Å². The molecule has 2 aromatic heterocycles. The Morgan fingerprint density at radius 3 is 2.22 bits per heavy atom. The van der Waals surface area contributed by atoms with Crippen molar-refractivity contribution in [3.63, 3.8) is 0 Å². The van der Waals surface area contributed by atoms with Gasteiger partial charge in [0, 0.05) is 35.3 Å². The molecule has 1 aliphatic carbocycles. The van der Waals surface area contributed by atoms with E-state index in [9.17, 15) is 9.59 Å². The van der Waals surface area contributed by atoms with Crippen LogP contribution in [-0.4, -0.2) is 56.9 Å². The molecular formula is C37H53Cl2N3O4SSi2. The van der Waals surface area contributed by atoms with E-state index in [-0.39, 0.29) is 44.6 Å². The average molecular weight is 763 g/mol. The van der Waals surface area contributed by atoms with Crippen molar-refractivity contribution >= 4 is 68.6 Å². The number of carbonyl (C=O) groups excluding carboxylic acids is 2. The van der Waals surface area contributed by atoms with Gasteiger partial charge < -0.3 is 14.2 Å². The van der Waals surface area contributed by atoms with Crippen molar-refractivity contribution in [3.05, 3.63) is 73.8 Å². The molecule has 1 aliphatic rings. The number of ketones is 2. The van der Waals surface area contributed by atoms with E-state index in [1.807, 2.05) is 0 Å². The zero-order valence-electron chi connectivity index (χ0n) is 30.8. The summed E-state index contributed by atoms with van der Waals surface area (Å²) in [6.45, 7) is 26.0. The van der Waals surface area contributed by atoms with Crippen molar-refractivity contribution < 1.29 is 18.4 Å². The maximum Gasteiger partial charge on any atom is 0.208 e. The Kier molecular flexibility index (Phi) is 12.8. The molecular weight excluding hydrogens is 710 g/mol. The Labute approximate surface area is 309 Å². The Morgan fingerprint density at radius 2 is 1.63 bits per heavy atom. The topological polar surface area (TPSA) is 90.4 Å². The number of rotatable bonds is 14. The summed E-state index contributed by atoms with van der Waals surface area (Å²) in [6, 6.07) is 8.25. The summed E-state index contributed by atoms with van der Waals surface area (Å²) in [5.41, 5.74) is 2.37. The van der Waals surface area contributed by atoms with Crippen LogP contribution in [0, 0.1) is 5.92 Å². The van der Waals surface area contributed by atoms with Gasteiger partial charge in [0.25, 0.3) is 0 Å². The maximum absolute atomic E-state index is 13.9. The van der Waals surface area contributed by atoms with Crippen LogP contribution in [0.1, 0.15) is 106 Å². The van der Waals surface area contributed by atoms with E-state index >= 15 is 0 Å². The quantitative estimate of drug-likeness (QED) is 0.129. The second-order valence-electron chi connectivity index (χ2n) is 15.9. The number of carbonyl (C=O) groups is 2. The maximum atomic E-state index is 13.9. The van der Waals surface area contributed by atoms with Crippen molar-refractivity contribution in [2.45, 2.75) is 122 Å². The average Bonchev–Trinajstić information content (AvgIpc) is 3.59. The number of benzene rings is 1. The molecule has 1 aromatic carbocycles. The van der Waals surface area contributed by atoms with E-state index < -0.39 is 16.6 Å². The molecule has 0 bridgehead atoms. The molecule has 0 radical (unpaired) electrons. The lowest BCUT2D eigenvalue weighted by molar-refractivity contribution is 0.0970. The Bertz CT molecular complexity index is 1620. The largest absolute Gasteiger partial charge is 0.416 e. The van der Waals surface area contributed by atoms with E-state index in [1.165, 1.54) is 12.5 Å². The van der Waals surface area contributed by atoms with Gasteiger partial charge in [-0.15, -0.1) is 11.3 Å². The minimum Gasteiger partial charge on any atom is -0.416 e. The second kappa shape index (κ2) is 15.8. The number of hydrogen-bond donors (Lipinski definition) is 1. The molecule has 3 atom stereocenters. The number of anilines is 1. The number of nitrogens with one attached hydrogen (secondary N) is 1.